The maximum Gasteiger partial charge on any atom is 0.243 e. The van der Waals surface area contributed by atoms with Gasteiger partial charge in [-0.3, -0.25) is 9.59 Å². The summed E-state index contributed by atoms with van der Waals surface area (Å²) < 4.78 is 0. The topological polar surface area (TPSA) is 58.2 Å². The Kier molecular flexibility index (Phi) is 4.06. The monoisotopic (exact) mass is 360 g/mol. The van der Waals surface area contributed by atoms with E-state index in [-0.39, 0.29) is 28.6 Å². The van der Waals surface area contributed by atoms with Gasteiger partial charge in [-0.1, -0.05) is 18.2 Å². The minimum atomic E-state index is -0.352. The molecule has 5 heteroatoms. The number of para-hydroxylation sites is 1. The fourth-order valence-electron chi connectivity index (χ4n) is 5.67. The van der Waals surface area contributed by atoms with Gasteiger partial charge in [0.2, 0.25) is 11.8 Å². The summed E-state index contributed by atoms with van der Waals surface area (Å²) in [5, 5.41) is 5.75. The summed E-state index contributed by atoms with van der Waals surface area (Å²) in [7, 11) is 0. The van der Waals surface area contributed by atoms with Gasteiger partial charge in [0.25, 0.3) is 0 Å². The molecule has 5 rings (SSSR count). The molecule has 4 atom stereocenters. The van der Waals surface area contributed by atoms with Crippen LogP contribution in [0.4, 0.5) is 5.69 Å². The van der Waals surface area contributed by atoms with E-state index in [4.69, 9.17) is 11.6 Å². The number of benzene rings is 1. The number of aryl methyl sites for hydroxylation is 1. The predicted octanol–water partition coefficient (Wildman–Crippen LogP) is 3.63. The molecule has 2 amide bonds. The van der Waals surface area contributed by atoms with Crippen LogP contribution < -0.4 is 10.6 Å². The smallest absolute Gasteiger partial charge is 0.243 e. The molecule has 4 aliphatic carbocycles. The van der Waals surface area contributed by atoms with Crippen molar-refractivity contribution in [2.45, 2.75) is 50.3 Å². The van der Waals surface area contributed by atoms with Crippen molar-refractivity contribution in [3.63, 3.8) is 0 Å². The molecule has 0 aliphatic heterocycles. The van der Waals surface area contributed by atoms with Gasteiger partial charge in [-0.25, -0.2) is 0 Å². The molecule has 4 bridgehead atoms. The third-order valence-corrected chi connectivity index (χ3v) is 6.74. The summed E-state index contributed by atoms with van der Waals surface area (Å²) in [4.78, 5) is 24.9. The van der Waals surface area contributed by atoms with Gasteiger partial charge >= 0.3 is 0 Å². The quantitative estimate of drug-likeness (QED) is 0.805. The summed E-state index contributed by atoms with van der Waals surface area (Å²) >= 11 is 6.79. The maximum atomic E-state index is 12.9. The van der Waals surface area contributed by atoms with Gasteiger partial charge in [-0.15, -0.1) is 11.6 Å². The van der Waals surface area contributed by atoms with Crippen molar-refractivity contribution < 1.29 is 9.59 Å². The van der Waals surface area contributed by atoms with E-state index in [0.29, 0.717) is 11.8 Å². The van der Waals surface area contributed by atoms with E-state index in [9.17, 15) is 9.59 Å². The normalized spacial score (nSPS) is 35.4. The summed E-state index contributed by atoms with van der Waals surface area (Å²) in [5.41, 5.74) is 1.44. The van der Waals surface area contributed by atoms with Gasteiger partial charge < -0.3 is 10.6 Å². The number of nitrogens with one attached hydrogen (secondary N) is 2. The average molecular weight is 361 g/mol. The second kappa shape index (κ2) is 6.01. The first-order chi connectivity index (χ1) is 11.9. The zero-order valence-electron chi connectivity index (χ0n) is 14.6. The molecule has 4 aliphatic rings. The number of hydrogen-bond donors (Lipinski definition) is 2. The Labute approximate surface area is 153 Å². The lowest BCUT2D eigenvalue weighted by molar-refractivity contribution is -0.145. The highest BCUT2D eigenvalue weighted by Crippen LogP contribution is 2.63. The lowest BCUT2D eigenvalue weighted by Crippen LogP contribution is -2.58. The summed E-state index contributed by atoms with van der Waals surface area (Å²) in [6.07, 6.45) is 5.95. The van der Waals surface area contributed by atoms with Crippen LogP contribution in [0.3, 0.4) is 0 Å². The number of alkyl halides is 1. The van der Waals surface area contributed by atoms with Crippen molar-refractivity contribution in [3.05, 3.63) is 29.8 Å². The summed E-state index contributed by atoms with van der Waals surface area (Å²) in [6, 6.07) is 7.63. The van der Waals surface area contributed by atoms with Crippen molar-refractivity contribution in [1.29, 1.82) is 0 Å². The molecule has 0 heterocycles. The highest BCUT2D eigenvalue weighted by Gasteiger charge is 2.60. The molecule has 134 valence electrons. The number of halogens is 1. The fraction of sp³-hybridized carbons (Fsp3) is 0.600. The van der Waals surface area contributed by atoms with E-state index < -0.39 is 0 Å². The van der Waals surface area contributed by atoms with Gasteiger partial charge in [0.15, 0.2) is 0 Å². The Morgan fingerprint density at radius 2 is 1.84 bits per heavy atom. The molecular weight excluding hydrogens is 336 g/mol. The average Bonchev–Trinajstić information content (AvgIpc) is 2.52. The zero-order valence-corrected chi connectivity index (χ0v) is 15.4. The molecule has 0 radical (unpaired) electrons. The largest absolute Gasteiger partial charge is 0.347 e. The van der Waals surface area contributed by atoms with Crippen LogP contribution >= 0.6 is 11.6 Å². The first-order valence-corrected chi connectivity index (χ1v) is 9.58. The molecule has 0 aromatic heterocycles. The number of carbonyl (C=O) groups excluding carboxylic acids is 2. The van der Waals surface area contributed by atoms with Crippen LogP contribution in [-0.2, 0) is 9.59 Å². The van der Waals surface area contributed by atoms with Gasteiger partial charge in [0, 0.05) is 10.6 Å². The zero-order chi connectivity index (χ0) is 17.7. The summed E-state index contributed by atoms with van der Waals surface area (Å²) in [5.74, 6) is 0.982. The molecule has 4 saturated carbocycles. The Morgan fingerprint density at radius 1 is 1.16 bits per heavy atom. The molecule has 2 N–H and O–H groups in total. The molecule has 0 spiro atoms. The van der Waals surface area contributed by atoms with E-state index in [1.165, 1.54) is 6.42 Å². The minimum absolute atomic E-state index is 0.0134. The van der Waals surface area contributed by atoms with Crippen LogP contribution in [-0.4, -0.2) is 23.2 Å². The van der Waals surface area contributed by atoms with Crippen LogP contribution in [0.25, 0.3) is 0 Å². The van der Waals surface area contributed by atoms with Crippen molar-refractivity contribution >= 4 is 29.1 Å². The minimum Gasteiger partial charge on any atom is -0.347 e. The van der Waals surface area contributed by atoms with E-state index in [1.807, 2.05) is 31.2 Å². The number of rotatable bonds is 4. The summed E-state index contributed by atoms with van der Waals surface area (Å²) in [6.45, 7) is 1.96. The number of carbonyl (C=O) groups is 2. The number of anilines is 1. The van der Waals surface area contributed by atoms with Crippen LogP contribution in [0.15, 0.2) is 24.3 Å². The van der Waals surface area contributed by atoms with Gasteiger partial charge in [0.05, 0.1) is 12.0 Å². The molecule has 1 aromatic rings. The molecular formula is C20H25ClN2O2. The molecule has 0 saturated heterocycles. The lowest BCUT2D eigenvalue weighted by Gasteiger charge is -2.59. The van der Waals surface area contributed by atoms with Gasteiger partial charge in [-0.2, -0.15) is 0 Å². The Morgan fingerprint density at radius 3 is 2.48 bits per heavy atom. The lowest BCUT2D eigenvalue weighted by atomic mass is 9.49. The van der Waals surface area contributed by atoms with Crippen LogP contribution in [0.1, 0.15) is 44.1 Å². The highest BCUT2D eigenvalue weighted by molar-refractivity contribution is 6.24. The third kappa shape index (κ3) is 3.17. The van der Waals surface area contributed by atoms with Crippen molar-refractivity contribution in [1.82, 2.24) is 5.32 Å². The fourth-order valence-corrected chi connectivity index (χ4v) is 6.36. The van der Waals surface area contributed by atoms with Crippen LogP contribution in [0.5, 0.6) is 0 Å². The van der Waals surface area contributed by atoms with E-state index >= 15 is 0 Å². The second-order valence-electron chi connectivity index (χ2n) is 8.44. The van der Waals surface area contributed by atoms with Crippen LogP contribution in [0, 0.1) is 24.2 Å². The number of hydrogen-bond acceptors (Lipinski definition) is 2. The standard InChI is InChI=1S/C20H25ClN2O2/c1-13-4-2-3-5-16(13)23-17(24)11-22-18(25)19-7-14-6-15(8-19)10-20(21,9-14)12-19/h2-5,14-15H,6-12H2,1H3,(H,22,25)(H,23,24)/t14-,15+,19?,20?. The van der Waals surface area contributed by atoms with Gasteiger partial charge in [-0.05, 0) is 68.9 Å². The molecule has 4 fully saturated rings. The first kappa shape index (κ1) is 16.9. The van der Waals surface area contributed by atoms with E-state index in [0.717, 1.165) is 43.4 Å². The van der Waals surface area contributed by atoms with E-state index in [2.05, 4.69) is 10.6 Å². The highest BCUT2D eigenvalue weighted by atomic mass is 35.5. The van der Waals surface area contributed by atoms with Gasteiger partial charge in [0.1, 0.15) is 0 Å². The third-order valence-electron chi connectivity index (χ3n) is 6.30. The van der Waals surface area contributed by atoms with Crippen molar-refractivity contribution in [3.8, 4) is 0 Å². The SMILES string of the molecule is Cc1ccccc1NC(=O)CNC(=O)C12C[C@@H]3C[C@@H](CC(Cl)(C3)C1)C2. The first-order valence-electron chi connectivity index (χ1n) is 9.20. The van der Waals surface area contributed by atoms with Crippen LogP contribution in [0.2, 0.25) is 0 Å². The molecule has 1 aromatic carbocycles. The Bertz CT molecular complexity index is 703. The molecule has 2 unspecified atom stereocenters. The van der Waals surface area contributed by atoms with Crippen molar-refractivity contribution in [2.75, 3.05) is 11.9 Å². The Balaban J connectivity index is 1.38. The predicted molar refractivity (Wildman–Crippen MR) is 98.5 cm³/mol. The molecule has 25 heavy (non-hydrogen) atoms. The van der Waals surface area contributed by atoms with E-state index in [1.54, 1.807) is 0 Å². The molecule has 4 nitrogen and oxygen atoms in total. The van der Waals surface area contributed by atoms with Crippen molar-refractivity contribution in [2.24, 2.45) is 17.3 Å². The Hall–Kier alpha value is -1.55. The maximum absolute atomic E-state index is 12.9. The number of amides is 2. The second-order valence-corrected chi connectivity index (χ2v) is 9.24.